The Kier molecular flexibility index (Phi) is 8.37. The number of nitriles is 1. The molecule has 1 aliphatic rings. The fourth-order valence-electron chi connectivity index (χ4n) is 3.10. The maximum atomic E-state index is 13.0. The van der Waals surface area contributed by atoms with Crippen LogP contribution < -0.4 is 10.1 Å². The SMILES string of the molecule is COc1ccc(/C=C/C(=O)OCC(=O)Nc2ccc(C#N)cc2)cc1S(=O)(=O)N1CCOCC1. The summed E-state index contributed by atoms with van der Waals surface area (Å²) >= 11 is 0. The molecule has 0 radical (unpaired) electrons. The number of anilines is 1. The smallest absolute Gasteiger partial charge is 0.331 e. The molecule has 178 valence electrons. The number of sulfonamides is 1. The van der Waals surface area contributed by atoms with Gasteiger partial charge in [0.15, 0.2) is 6.61 Å². The zero-order valence-electron chi connectivity index (χ0n) is 18.4. The van der Waals surface area contributed by atoms with Gasteiger partial charge in [0, 0.05) is 24.9 Å². The molecule has 0 bridgehead atoms. The van der Waals surface area contributed by atoms with Crippen LogP contribution in [0.4, 0.5) is 5.69 Å². The summed E-state index contributed by atoms with van der Waals surface area (Å²) < 4.78 is 42.8. The average molecular weight is 486 g/mol. The first-order chi connectivity index (χ1) is 16.3. The Morgan fingerprint density at radius 1 is 1.18 bits per heavy atom. The van der Waals surface area contributed by atoms with Crippen LogP contribution in [0.5, 0.6) is 5.75 Å². The Hall–Kier alpha value is -3.72. The van der Waals surface area contributed by atoms with Crippen molar-refractivity contribution >= 4 is 33.7 Å². The van der Waals surface area contributed by atoms with Crippen molar-refractivity contribution in [2.24, 2.45) is 0 Å². The Labute approximate surface area is 197 Å². The van der Waals surface area contributed by atoms with E-state index in [-0.39, 0.29) is 23.7 Å². The van der Waals surface area contributed by atoms with Crippen molar-refractivity contribution in [1.82, 2.24) is 4.31 Å². The number of morpholine rings is 1. The van der Waals surface area contributed by atoms with Crippen molar-refractivity contribution in [3.05, 3.63) is 59.7 Å². The van der Waals surface area contributed by atoms with Crippen molar-refractivity contribution in [1.29, 1.82) is 5.26 Å². The van der Waals surface area contributed by atoms with Gasteiger partial charge in [-0.15, -0.1) is 0 Å². The molecule has 1 amide bonds. The van der Waals surface area contributed by atoms with Crippen LogP contribution in [0.15, 0.2) is 53.4 Å². The van der Waals surface area contributed by atoms with Gasteiger partial charge in [-0.05, 0) is 48.0 Å². The number of esters is 1. The summed E-state index contributed by atoms with van der Waals surface area (Å²) in [5.41, 5.74) is 1.35. The molecule has 3 rings (SSSR count). The number of nitrogens with zero attached hydrogens (tertiary/aromatic N) is 2. The largest absolute Gasteiger partial charge is 0.495 e. The number of rotatable bonds is 8. The highest BCUT2D eigenvalue weighted by atomic mass is 32.2. The van der Waals surface area contributed by atoms with E-state index in [1.165, 1.54) is 29.6 Å². The van der Waals surface area contributed by atoms with Crippen LogP contribution in [0.3, 0.4) is 0 Å². The van der Waals surface area contributed by atoms with E-state index in [9.17, 15) is 18.0 Å². The van der Waals surface area contributed by atoms with Crippen molar-refractivity contribution in [2.75, 3.05) is 45.3 Å². The maximum absolute atomic E-state index is 13.0. The fourth-order valence-corrected chi connectivity index (χ4v) is 4.70. The predicted molar refractivity (Wildman–Crippen MR) is 122 cm³/mol. The lowest BCUT2D eigenvalue weighted by molar-refractivity contribution is -0.142. The highest BCUT2D eigenvalue weighted by Gasteiger charge is 2.29. The van der Waals surface area contributed by atoms with Gasteiger partial charge < -0.3 is 19.5 Å². The Morgan fingerprint density at radius 2 is 1.88 bits per heavy atom. The maximum Gasteiger partial charge on any atom is 0.331 e. The molecule has 1 saturated heterocycles. The van der Waals surface area contributed by atoms with Crippen LogP contribution in [0.1, 0.15) is 11.1 Å². The van der Waals surface area contributed by atoms with Crippen LogP contribution in [-0.4, -0.2) is 64.6 Å². The normalized spacial score (nSPS) is 14.4. The summed E-state index contributed by atoms with van der Waals surface area (Å²) in [7, 11) is -2.44. The average Bonchev–Trinajstić information content (AvgIpc) is 2.87. The number of benzene rings is 2. The third-order valence-electron chi connectivity index (χ3n) is 4.83. The zero-order valence-corrected chi connectivity index (χ0v) is 19.2. The number of methoxy groups -OCH3 is 1. The summed E-state index contributed by atoms with van der Waals surface area (Å²) in [4.78, 5) is 23.9. The second kappa shape index (κ2) is 11.4. The van der Waals surface area contributed by atoms with Crippen LogP contribution in [0.2, 0.25) is 0 Å². The monoisotopic (exact) mass is 485 g/mol. The molecule has 2 aromatic rings. The lowest BCUT2D eigenvalue weighted by atomic mass is 10.2. The molecular formula is C23H23N3O7S. The zero-order chi connectivity index (χ0) is 24.6. The van der Waals surface area contributed by atoms with E-state index in [4.69, 9.17) is 19.5 Å². The first kappa shape index (κ1) is 24.9. The molecule has 1 N–H and O–H groups in total. The number of hydrogen-bond acceptors (Lipinski definition) is 8. The third-order valence-corrected chi connectivity index (χ3v) is 6.75. The molecule has 0 atom stereocenters. The van der Waals surface area contributed by atoms with Gasteiger partial charge in [0.1, 0.15) is 10.6 Å². The molecule has 0 aliphatic carbocycles. The molecule has 34 heavy (non-hydrogen) atoms. The van der Waals surface area contributed by atoms with Crippen molar-refractivity contribution in [3.63, 3.8) is 0 Å². The van der Waals surface area contributed by atoms with Gasteiger partial charge in [0.05, 0.1) is 32.0 Å². The van der Waals surface area contributed by atoms with Gasteiger partial charge in [-0.2, -0.15) is 9.57 Å². The van der Waals surface area contributed by atoms with E-state index in [0.717, 1.165) is 6.08 Å². The van der Waals surface area contributed by atoms with Crippen molar-refractivity contribution in [2.45, 2.75) is 4.90 Å². The molecule has 1 heterocycles. The molecule has 2 aromatic carbocycles. The number of amides is 1. The van der Waals surface area contributed by atoms with E-state index in [1.54, 1.807) is 30.3 Å². The first-order valence-corrected chi connectivity index (χ1v) is 11.7. The highest BCUT2D eigenvalue weighted by Crippen LogP contribution is 2.28. The number of carbonyl (C=O) groups excluding carboxylic acids is 2. The molecule has 0 saturated carbocycles. The third kappa shape index (κ3) is 6.41. The summed E-state index contributed by atoms with van der Waals surface area (Å²) in [6.45, 7) is 0.588. The molecule has 0 spiro atoms. The molecule has 0 aromatic heterocycles. The van der Waals surface area contributed by atoms with E-state index in [0.29, 0.717) is 30.0 Å². The lowest BCUT2D eigenvalue weighted by Crippen LogP contribution is -2.40. The van der Waals surface area contributed by atoms with Crippen LogP contribution in [0, 0.1) is 11.3 Å². The van der Waals surface area contributed by atoms with Crippen LogP contribution in [-0.2, 0) is 29.1 Å². The summed E-state index contributed by atoms with van der Waals surface area (Å²) in [5, 5.41) is 11.3. The number of ether oxygens (including phenoxy) is 3. The minimum atomic E-state index is -3.81. The van der Waals surface area contributed by atoms with Gasteiger partial charge in [-0.3, -0.25) is 4.79 Å². The standard InChI is InChI=1S/C23H23N3O7S/c1-31-20-8-4-17(14-21(20)34(29,30)26-10-12-32-13-11-26)5-9-23(28)33-16-22(27)25-19-6-2-18(15-24)3-7-19/h2-9,14H,10-13,16H2,1H3,(H,25,27)/b9-5+. The van der Waals surface area contributed by atoms with E-state index in [2.05, 4.69) is 5.32 Å². The Morgan fingerprint density at radius 3 is 2.53 bits per heavy atom. The van der Waals surface area contributed by atoms with Gasteiger partial charge in [0.25, 0.3) is 5.91 Å². The van der Waals surface area contributed by atoms with Crippen LogP contribution in [0.25, 0.3) is 6.08 Å². The lowest BCUT2D eigenvalue weighted by Gasteiger charge is -2.26. The highest BCUT2D eigenvalue weighted by molar-refractivity contribution is 7.89. The molecule has 1 fully saturated rings. The van der Waals surface area contributed by atoms with Gasteiger partial charge in [-0.1, -0.05) is 6.07 Å². The molecule has 11 heteroatoms. The van der Waals surface area contributed by atoms with Gasteiger partial charge in [-0.25, -0.2) is 13.2 Å². The second-order valence-electron chi connectivity index (χ2n) is 7.11. The quantitative estimate of drug-likeness (QED) is 0.442. The van der Waals surface area contributed by atoms with Gasteiger partial charge >= 0.3 is 5.97 Å². The number of carbonyl (C=O) groups is 2. The minimum absolute atomic E-state index is 0.0192. The molecular weight excluding hydrogens is 462 g/mol. The molecule has 0 unspecified atom stereocenters. The van der Waals surface area contributed by atoms with E-state index in [1.807, 2.05) is 6.07 Å². The van der Waals surface area contributed by atoms with Gasteiger partial charge in [0.2, 0.25) is 10.0 Å². The second-order valence-corrected chi connectivity index (χ2v) is 9.01. The fraction of sp³-hybridized carbons (Fsp3) is 0.261. The molecule has 1 aliphatic heterocycles. The minimum Gasteiger partial charge on any atom is -0.495 e. The first-order valence-electron chi connectivity index (χ1n) is 10.2. The van der Waals surface area contributed by atoms with E-state index < -0.39 is 28.5 Å². The van der Waals surface area contributed by atoms with Crippen LogP contribution >= 0.6 is 0 Å². The summed E-state index contributed by atoms with van der Waals surface area (Å²) in [6, 6.07) is 12.7. The number of hydrogen-bond donors (Lipinski definition) is 1. The topological polar surface area (TPSA) is 135 Å². The number of nitrogens with one attached hydrogen (secondary N) is 1. The Balaban J connectivity index is 1.62. The predicted octanol–water partition coefficient (Wildman–Crippen LogP) is 1.78. The summed E-state index contributed by atoms with van der Waals surface area (Å²) in [6.07, 6.45) is 2.49. The van der Waals surface area contributed by atoms with Crippen molar-refractivity contribution in [3.8, 4) is 11.8 Å². The summed E-state index contributed by atoms with van der Waals surface area (Å²) in [5.74, 6) is -1.14. The Bertz CT molecular complexity index is 1210. The van der Waals surface area contributed by atoms with E-state index >= 15 is 0 Å². The van der Waals surface area contributed by atoms with Crippen molar-refractivity contribution < 1.29 is 32.2 Å². The molecule has 10 nitrogen and oxygen atoms in total.